The zero-order valence-corrected chi connectivity index (χ0v) is 17.3. The van der Waals surface area contributed by atoms with Crippen molar-refractivity contribution in [2.75, 3.05) is 6.61 Å². The van der Waals surface area contributed by atoms with Crippen molar-refractivity contribution >= 4 is 21.5 Å². The zero-order valence-electron chi connectivity index (χ0n) is 15.7. The van der Waals surface area contributed by atoms with Gasteiger partial charge < -0.3 is 0 Å². The molecule has 0 N–H and O–H groups in total. The van der Waals surface area contributed by atoms with Crippen LogP contribution in [0.4, 0.5) is 4.39 Å². The molecule has 30 heavy (non-hydrogen) atoms. The third kappa shape index (κ3) is 4.62. The molecule has 0 amide bonds. The zero-order chi connectivity index (χ0) is 21.0. The summed E-state index contributed by atoms with van der Waals surface area (Å²) in [5.74, 6) is -0.664. The van der Waals surface area contributed by atoms with Crippen molar-refractivity contribution in [1.29, 1.82) is 0 Å². The van der Waals surface area contributed by atoms with Gasteiger partial charge in [0.1, 0.15) is 10.8 Å². The first kappa shape index (κ1) is 20.3. The van der Waals surface area contributed by atoms with E-state index in [1.165, 1.54) is 35.6 Å². The van der Waals surface area contributed by atoms with Crippen molar-refractivity contribution in [3.8, 4) is 10.6 Å². The highest BCUT2D eigenvalue weighted by Crippen LogP contribution is 2.34. The predicted molar refractivity (Wildman–Crippen MR) is 113 cm³/mol. The molecule has 2 heterocycles. The first-order valence-electron chi connectivity index (χ1n) is 9.09. The molecule has 0 aliphatic rings. The molecule has 0 spiro atoms. The third-order valence-corrected chi connectivity index (χ3v) is 6.94. The van der Waals surface area contributed by atoms with Crippen LogP contribution in [0.25, 0.3) is 10.6 Å². The van der Waals surface area contributed by atoms with Crippen molar-refractivity contribution in [3.63, 3.8) is 0 Å². The molecule has 0 fully saturated rings. The topological polar surface area (TPSA) is 69.2 Å². The number of pyridine rings is 1. The number of rotatable bonds is 7. The van der Waals surface area contributed by atoms with Crippen molar-refractivity contribution in [2.24, 2.45) is 0 Å². The van der Waals surface area contributed by atoms with E-state index in [1.54, 1.807) is 48.9 Å². The van der Waals surface area contributed by atoms with Crippen LogP contribution in [0, 0.1) is 5.82 Å². The molecular formula is C22H17FN2O3S2. The van der Waals surface area contributed by atoms with Gasteiger partial charge in [-0.3, -0.25) is 9.17 Å². The van der Waals surface area contributed by atoms with Gasteiger partial charge in [-0.15, -0.1) is 11.3 Å². The Kier molecular flexibility index (Phi) is 5.98. The fourth-order valence-corrected chi connectivity index (χ4v) is 4.90. The van der Waals surface area contributed by atoms with Crippen LogP contribution in [0.5, 0.6) is 0 Å². The summed E-state index contributed by atoms with van der Waals surface area (Å²) in [5, 5.41) is 0.718. The normalized spacial score (nSPS) is 12.6. The minimum Gasteiger partial charge on any atom is -0.265 e. The number of aromatic nitrogens is 2. The van der Waals surface area contributed by atoms with Gasteiger partial charge in [0.2, 0.25) is 0 Å². The summed E-state index contributed by atoms with van der Waals surface area (Å²) in [7, 11) is -3.89. The molecule has 4 aromatic rings. The largest absolute Gasteiger partial charge is 0.297 e. The minimum atomic E-state index is -3.89. The van der Waals surface area contributed by atoms with Crippen LogP contribution in [0.3, 0.4) is 0 Å². The van der Waals surface area contributed by atoms with Gasteiger partial charge in [-0.2, -0.15) is 8.42 Å². The highest BCUT2D eigenvalue weighted by Gasteiger charge is 2.23. The molecule has 5 nitrogen and oxygen atoms in total. The minimum absolute atomic E-state index is 0.0771. The molecule has 0 radical (unpaired) electrons. The summed E-state index contributed by atoms with van der Waals surface area (Å²) in [6.45, 7) is -0.0771. The van der Waals surface area contributed by atoms with E-state index in [0.717, 1.165) is 21.0 Å². The van der Waals surface area contributed by atoms with E-state index >= 15 is 0 Å². The monoisotopic (exact) mass is 440 g/mol. The van der Waals surface area contributed by atoms with Gasteiger partial charge >= 0.3 is 0 Å². The lowest BCUT2D eigenvalue weighted by Crippen LogP contribution is -2.14. The fourth-order valence-electron chi connectivity index (χ4n) is 2.92. The molecule has 4 rings (SSSR count). The molecule has 0 aliphatic heterocycles. The van der Waals surface area contributed by atoms with E-state index in [2.05, 4.69) is 9.97 Å². The molecule has 2 aromatic carbocycles. The molecule has 0 aliphatic carbocycles. The van der Waals surface area contributed by atoms with E-state index in [-0.39, 0.29) is 23.2 Å². The average molecular weight is 441 g/mol. The molecule has 0 saturated heterocycles. The summed E-state index contributed by atoms with van der Waals surface area (Å²) in [5.41, 5.74) is 1.65. The maximum Gasteiger partial charge on any atom is 0.297 e. The van der Waals surface area contributed by atoms with Crippen LogP contribution in [0.15, 0.2) is 90.2 Å². The van der Waals surface area contributed by atoms with Gasteiger partial charge in [-0.1, -0.05) is 18.2 Å². The number of benzene rings is 2. The van der Waals surface area contributed by atoms with Crippen LogP contribution in [-0.4, -0.2) is 25.0 Å². The average Bonchev–Trinajstić information content (AvgIpc) is 3.25. The summed E-state index contributed by atoms with van der Waals surface area (Å²) in [4.78, 5) is 9.42. The predicted octanol–water partition coefficient (Wildman–Crippen LogP) is 4.88. The number of hydrogen-bond acceptors (Lipinski definition) is 6. The Morgan fingerprint density at radius 1 is 0.967 bits per heavy atom. The van der Waals surface area contributed by atoms with Crippen molar-refractivity contribution < 1.29 is 17.0 Å². The molecule has 1 unspecified atom stereocenters. The summed E-state index contributed by atoms with van der Waals surface area (Å²) < 4.78 is 43.8. The molecule has 1 atom stereocenters. The van der Waals surface area contributed by atoms with E-state index in [0.29, 0.717) is 0 Å². The highest BCUT2D eigenvalue weighted by atomic mass is 32.2. The molecule has 2 aromatic heterocycles. The maximum atomic E-state index is 13.2. The maximum absolute atomic E-state index is 13.2. The van der Waals surface area contributed by atoms with Crippen molar-refractivity contribution in [1.82, 2.24) is 9.97 Å². The van der Waals surface area contributed by atoms with Gasteiger partial charge in [0, 0.05) is 34.9 Å². The third-order valence-electron chi connectivity index (χ3n) is 4.49. The van der Waals surface area contributed by atoms with Crippen LogP contribution in [0.1, 0.15) is 16.4 Å². The first-order valence-corrected chi connectivity index (χ1v) is 11.3. The molecule has 0 saturated carbocycles. The van der Waals surface area contributed by atoms with Crippen LogP contribution < -0.4 is 0 Å². The Morgan fingerprint density at radius 3 is 2.37 bits per heavy atom. The standard InChI is InChI=1S/C22H17FN2O3S2/c23-18-8-6-17(7-9-18)22-25-14-21(29-22)20(16-10-12-24-13-11-16)15-28-30(26,27)19-4-2-1-3-5-19/h1-14,20H,15H2. The van der Waals surface area contributed by atoms with Gasteiger partial charge in [0.15, 0.2) is 0 Å². The number of thiazole rings is 1. The highest BCUT2D eigenvalue weighted by molar-refractivity contribution is 7.86. The Labute approximate surface area is 178 Å². The summed E-state index contributed by atoms with van der Waals surface area (Å²) in [6.07, 6.45) is 5.00. The molecule has 8 heteroatoms. The first-order chi connectivity index (χ1) is 14.5. The summed E-state index contributed by atoms with van der Waals surface area (Å²) in [6, 6.07) is 17.8. The van der Waals surface area contributed by atoms with E-state index in [9.17, 15) is 12.8 Å². The number of nitrogens with zero attached hydrogens (tertiary/aromatic N) is 2. The van der Waals surface area contributed by atoms with Crippen molar-refractivity contribution in [2.45, 2.75) is 10.8 Å². The van der Waals surface area contributed by atoms with Crippen molar-refractivity contribution in [3.05, 3.63) is 102 Å². The van der Waals surface area contributed by atoms with Crippen LogP contribution >= 0.6 is 11.3 Å². The van der Waals surface area contributed by atoms with Gasteiger partial charge in [-0.05, 0) is 54.1 Å². The van der Waals surface area contributed by atoms with Crippen LogP contribution in [-0.2, 0) is 14.3 Å². The lowest BCUT2D eigenvalue weighted by atomic mass is 10.0. The fraction of sp³-hybridized carbons (Fsp3) is 0.0909. The SMILES string of the molecule is O=S(=O)(OCC(c1ccncc1)c1cnc(-c2ccc(F)cc2)s1)c1ccccc1. The van der Waals surface area contributed by atoms with E-state index in [1.807, 2.05) is 12.1 Å². The Bertz CT molecular complexity index is 1210. The van der Waals surface area contributed by atoms with E-state index < -0.39 is 10.1 Å². The van der Waals surface area contributed by atoms with Gasteiger partial charge in [-0.25, -0.2) is 9.37 Å². The second-order valence-electron chi connectivity index (χ2n) is 6.46. The Morgan fingerprint density at radius 2 is 1.67 bits per heavy atom. The van der Waals surface area contributed by atoms with Gasteiger partial charge in [0.25, 0.3) is 10.1 Å². The van der Waals surface area contributed by atoms with Crippen LogP contribution in [0.2, 0.25) is 0 Å². The summed E-state index contributed by atoms with van der Waals surface area (Å²) >= 11 is 1.41. The molecule has 152 valence electrons. The quantitative estimate of drug-likeness (QED) is 0.383. The lowest BCUT2D eigenvalue weighted by Gasteiger charge is -2.15. The number of hydrogen-bond donors (Lipinski definition) is 0. The van der Waals surface area contributed by atoms with Gasteiger partial charge in [0.05, 0.1) is 11.5 Å². The second-order valence-corrected chi connectivity index (χ2v) is 9.14. The number of halogens is 1. The second kappa shape index (κ2) is 8.83. The van der Waals surface area contributed by atoms with E-state index in [4.69, 9.17) is 4.18 Å². The Hall–Kier alpha value is -2.94. The molecular weight excluding hydrogens is 423 g/mol. The smallest absolute Gasteiger partial charge is 0.265 e. The molecule has 0 bridgehead atoms. The lowest BCUT2D eigenvalue weighted by molar-refractivity contribution is 0.306. The Balaban J connectivity index is 1.62.